The summed E-state index contributed by atoms with van der Waals surface area (Å²) in [5.74, 6) is 0. The third-order valence-electron chi connectivity index (χ3n) is 2.45. The summed E-state index contributed by atoms with van der Waals surface area (Å²) in [7, 11) is 0. The first-order valence-corrected chi connectivity index (χ1v) is 6.77. The van der Waals surface area contributed by atoms with Gasteiger partial charge in [-0.3, -0.25) is 0 Å². The number of allylic oxidation sites excluding steroid dienone is 6. The molecule has 0 unspecified atom stereocenters. The van der Waals surface area contributed by atoms with Crippen molar-refractivity contribution in [1.29, 1.82) is 0 Å². The van der Waals surface area contributed by atoms with Gasteiger partial charge in [0.1, 0.15) is 0 Å². The fourth-order valence-corrected chi connectivity index (χ4v) is 1.70. The number of rotatable bonds is 5. The molecule has 1 rings (SSSR count). The van der Waals surface area contributed by atoms with Crippen LogP contribution < -0.4 is 5.32 Å². The summed E-state index contributed by atoms with van der Waals surface area (Å²) >= 11 is 0. The Balaban J connectivity index is 0.00000121. The summed E-state index contributed by atoms with van der Waals surface area (Å²) < 4.78 is 0. The van der Waals surface area contributed by atoms with Crippen molar-refractivity contribution < 1.29 is 0 Å². The first kappa shape index (κ1) is 15.8. The topological polar surface area (TPSA) is 12.0 Å². The minimum absolute atomic E-state index is 0.974. The molecule has 0 atom stereocenters. The second-order valence-corrected chi connectivity index (χ2v) is 3.71. The van der Waals surface area contributed by atoms with Crippen LogP contribution in [-0.4, -0.2) is 6.54 Å². The minimum atomic E-state index is 0.974. The van der Waals surface area contributed by atoms with Gasteiger partial charge in [-0.25, -0.2) is 0 Å². The minimum Gasteiger partial charge on any atom is -0.387 e. The normalized spacial score (nSPS) is 15.1. The Kier molecular flexibility index (Phi) is 10.4. The fraction of sp³-hybridized carbons (Fsp3) is 0.500. The van der Waals surface area contributed by atoms with E-state index in [-0.39, 0.29) is 0 Å². The van der Waals surface area contributed by atoms with Crippen molar-refractivity contribution in [3.05, 3.63) is 47.7 Å². The van der Waals surface area contributed by atoms with Gasteiger partial charge >= 0.3 is 0 Å². The Morgan fingerprint density at radius 3 is 2.71 bits per heavy atom. The molecule has 0 aromatic carbocycles. The maximum atomic E-state index is 3.17. The molecule has 0 saturated heterocycles. The number of hydrogen-bond acceptors (Lipinski definition) is 1. The number of hydrogen-bond donors (Lipinski definition) is 1. The molecule has 1 heterocycles. The van der Waals surface area contributed by atoms with E-state index in [2.05, 4.69) is 49.5 Å². The molecule has 1 nitrogen and oxygen atoms in total. The Bertz CT molecular complexity index is 293. The highest BCUT2D eigenvalue weighted by Gasteiger charge is 1.98. The lowest BCUT2D eigenvalue weighted by Crippen LogP contribution is -2.08. The van der Waals surface area contributed by atoms with Crippen LogP contribution >= 0.6 is 0 Å². The summed E-state index contributed by atoms with van der Waals surface area (Å²) in [6.07, 6.45) is 16.5. The summed E-state index contributed by atoms with van der Waals surface area (Å²) in [4.78, 5) is 0. The van der Waals surface area contributed by atoms with Crippen LogP contribution in [0.5, 0.6) is 0 Å². The van der Waals surface area contributed by atoms with Crippen molar-refractivity contribution in [2.45, 2.75) is 47.0 Å². The maximum absolute atomic E-state index is 3.17. The van der Waals surface area contributed by atoms with Crippen molar-refractivity contribution in [2.24, 2.45) is 0 Å². The van der Waals surface area contributed by atoms with E-state index >= 15 is 0 Å². The average Bonchev–Trinajstić information content (AvgIpc) is 2.40. The predicted octanol–water partition coefficient (Wildman–Crippen LogP) is 4.75. The molecule has 1 aliphatic heterocycles. The van der Waals surface area contributed by atoms with E-state index in [1.807, 2.05) is 20.0 Å². The van der Waals surface area contributed by atoms with Crippen LogP contribution in [0.25, 0.3) is 0 Å². The van der Waals surface area contributed by atoms with Crippen LogP contribution in [0.15, 0.2) is 47.7 Å². The number of dihydropyridines is 1. The SMILES string of the molecule is C/C=C\C(=C/CC)CCC1=CCNC=C1.CC. The zero-order valence-corrected chi connectivity index (χ0v) is 11.8. The van der Waals surface area contributed by atoms with Crippen LogP contribution in [0.4, 0.5) is 0 Å². The molecule has 0 amide bonds. The molecular weight excluding hydrogens is 206 g/mol. The molecular formula is C16H27N. The van der Waals surface area contributed by atoms with E-state index in [0.29, 0.717) is 0 Å². The molecule has 0 aromatic rings. The monoisotopic (exact) mass is 233 g/mol. The maximum Gasteiger partial charge on any atom is 0.0331 e. The fourth-order valence-electron chi connectivity index (χ4n) is 1.70. The van der Waals surface area contributed by atoms with Gasteiger partial charge in [0.25, 0.3) is 0 Å². The second kappa shape index (κ2) is 11.3. The lowest BCUT2D eigenvalue weighted by molar-refractivity contribution is 0.899. The van der Waals surface area contributed by atoms with Crippen LogP contribution in [0, 0.1) is 0 Å². The quantitative estimate of drug-likeness (QED) is 0.676. The van der Waals surface area contributed by atoms with Crippen LogP contribution in [0.3, 0.4) is 0 Å². The van der Waals surface area contributed by atoms with Crippen molar-refractivity contribution in [2.75, 3.05) is 6.54 Å². The average molecular weight is 233 g/mol. The zero-order valence-electron chi connectivity index (χ0n) is 11.8. The third-order valence-corrected chi connectivity index (χ3v) is 2.45. The van der Waals surface area contributed by atoms with Crippen molar-refractivity contribution >= 4 is 0 Å². The molecule has 0 radical (unpaired) electrons. The molecule has 0 aromatic heterocycles. The van der Waals surface area contributed by atoms with E-state index < -0.39 is 0 Å². The van der Waals surface area contributed by atoms with Crippen molar-refractivity contribution in [1.82, 2.24) is 5.32 Å². The first-order chi connectivity index (χ1) is 8.36. The molecule has 0 aliphatic carbocycles. The predicted molar refractivity (Wildman–Crippen MR) is 79.0 cm³/mol. The van der Waals surface area contributed by atoms with E-state index in [1.165, 1.54) is 11.1 Å². The van der Waals surface area contributed by atoms with Gasteiger partial charge in [0.15, 0.2) is 0 Å². The molecule has 0 saturated carbocycles. The zero-order chi connectivity index (χ0) is 12.9. The molecule has 1 heteroatoms. The molecule has 96 valence electrons. The van der Waals surface area contributed by atoms with Gasteiger partial charge in [-0.2, -0.15) is 0 Å². The van der Waals surface area contributed by atoms with E-state index in [9.17, 15) is 0 Å². The molecule has 17 heavy (non-hydrogen) atoms. The van der Waals surface area contributed by atoms with E-state index in [4.69, 9.17) is 0 Å². The van der Waals surface area contributed by atoms with Gasteiger partial charge in [0, 0.05) is 6.54 Å². The molecule has 0 bridgehead atoms. The smallest absolute Gasteiger partial charge is 0.0331 e. The van der Waals surface area contributed by atoms with Gasteiger partial charge in [0.2, 0.25) is 0 Å². The highest BCUT2D eigenvalue weighted by molar-refractivity contribution is 5.26. The summed E-state index contributed by atoms with van der Waals surface area (Å²) in [5, 5.41) is 3.17. The van der Waals surface area contributed by atoms with Gasteiger partial charge in [-0.1, -0.05) is 50.6 Å². The lowest BCUT2D eigenvalue weighted by Gasteiger charge is -2.08. The van der Waals surface area contributed by atoms with Crippen LogP contribution in [0.1, 0.15) is 47.0 Å². The van der Waals surface area contributed by atoms with Crippen LogP contribution in [0.2, 0.25) is 0 Å². The molecule has 1 N–H and O–H groups in total. The van der Waals surface area contributed by atoms with Gasteiger partial charge < -0.3 is 5.32 Å². The Morgan fingerprint density at radius 1 is 1.41 bits per heavy atom. The highest BCUT2D eigenvalue weighted by atomic mass is 14.8. The van der Waals surface area contributed by atoms with Crippen molar-refractivity contribution in [3.63, 3.8) is 0 Å². The Labute approximate surface area is 107 Å². The largest absolute Gasteiger partial charge is 0.387 e. The molecule has 0 fully saturated rings. The number of nitrogens with one attached hydrogen (secondary N) is 1. The van der Waals surface area contributed by atoms with Crippen molar-refractivity contribution in [3.8, 4) is 0 Å². The first-order valence-electron chi connectivity index (χ1n) is 6.77. The summed E-state index contributed by atoms with van der Waals surface area (Å²) in [6, 6.07) is 0. The summed E-state index contributed by atoms with van der Waals surface area (Å²) in [5.41, 5.74) is 2.90. The van der Waals surface area contributed by atoms with Gasteiger partial charge in [-0.15, -0.1) is 0 Å². The molecule has 1 aliphatic rings. The van der Waals surface area contributed by atoms with Gasteiger partial charge in [-0.05, 0) is 44.0 Å². The highest BCUT2D eigenvalue weighted by Crippen LogP contribution is 2.15. The Morgan fingerprint density at radius 2 is 2.18 bits per heavy atom. The van der Waals surface area contributed by atoms with Gasteiger partial charge in [0.05, 0.1) is 0 Å². The van der Waals surface area contributed by atoms with E-state index in [0.717, 1.165) is 25.8 Å². The standard InChI is InChI=1S/C14H21N.C2H6/c1-3-5-13(6-4-2)7-8-14-9-11-15-12-10-14;1-2/h3,5-6,9-11,15H,4,7-8,12H2,1-2H3;1-2H3/b5-3-,13-6+;. The van der Waals surface area contributed by atoms with E-state index in [1.54, 1.807) is 0 Å². The lowest BCUT2D eigenvalue weighted by atomic mass is 10.0. The van der Waals surface area contributed by atoms with Crippen LogP contribution in [-0.2, 0) is 0 Å². The second-order valence-electron chi connectivity index (χ2n) is 3.71. The molecule has 0 spiro atoms. The summed E-state index contributed by atoms with van der Waals surface area (Å²) in [6.45, 7) is 9.24. The Hall–Kier alpha value is -1.24. The third kappa shape index (κ3) is 7.62.